The molecule has 1 aromatic heterocycles. The molecule has 1 N–H and O–H groups in total. The van der Waals surface area contributed by atoms with Crippen LogP contribution in [0.5, 0.6) is 0 Å². The quantitative estimate of drug-likeness (QED) is 0.724. The van der Waals surface area contributed by atoms with Gasteiger partial charge in [-0.2, -0.15) is 0 Å². The van der Waals surface area contributed by atoms with E-state index in [9.17, 15) is 0 Å². The van der Waals surface area contributed by atoms with Crippen LogP contribution < -0.4 is 5.32 Å². The Morgan fingerprint density at radius 2 is 2.17 bits per heavy atom. The number of ether oxygens (including phenoxy) is 1. The van der Waals surface area contributed by atoms with Crippen LogP contribution in [0.15, 0.2) is 18.5 Å². The van der Waals surface area contributed by atoms with Crippen molar-refractivity contribution in [3.8, 4) is 0 Å². The predicted molar refractivity (Wildman–Crippen MR) is 47.0 cm³/mol. The highest BCUT2D eigenvalue weighted by Gasteiger charge is 2.00. The molecule has 1 rings (SSSR count). The van der Waals surface area contributed by atoms with E-state index in [2.05, 4.69) is 15.3 Å². The molecule has 0 aromatic carbocycles. The van der Waals surface area contributed by atoms with Crippen LogP contribution in [0.3, 0.4) is 0 Å². The number of rotatable bonds is 4. The standard InChI is InChI=1S/C8H13N3O/c1-7(6-12-2)11-8-9-4-3-5-10-8/h3-5,7H,6H2,1-2H3,(H,9,10,11)/t7-/m0/s1. The number of nitrogens with zero attached hydrogens (tertiary/aromatic N) is 2. The number of hydrogen-bond donors (Lipinski definition) is 1. The van der Waals surface area contributed by atoms with Crippen molar-refractivity contribution in [1.29, 1.82) is 0 Å². The summed E-state index contributed by atoms with van der Waals surface area (Å²) in [5.41, 5.74) is 0. The van der Waals surface area contributed by atoms with Crippen molar-refractivity contribution in [2.45, 2.75) is 13.0 Å². The van der Waals surface area contributed by atoms with E-state index in [0.717, 1.165) is 0 Å². The summed E-state index contributed by atoms with van der Waals surface area (Å²) in [5, 5.41) is 3.10. The SMILES string of the molecule is COC[C@H](C)Nc1ncccn1. The van der Waals surface area contributed by atoms with E-state index in [-0.39, 0.29) is 6.04 Å². The van der Waals surface area contributed by atoms with Gasteiger partial charge in [-0.25, -0.2) is 9.97 Å². The van der Waals surface area contributed by atoms with E-state index in [4.69, 9.17) is 4.74 Å². The average Bonchev–Trinajstić information content (AvgIpc) is 2.06. The molecule has 0 aliphatic carbocycles. The Hall–Kier alpha value is -1.16. The Balaban J connectivity index is 2.41. The van der Waals surface area contributed by atoms with E-state index in [0.29, 0.717) is 12.6 Å². The highest BCUT2D eigenvalue weighted by atomic mass is 16.5. The summed E-state index contributed by atoms with van der Waals surface area (Å²) < 4.78 is 4.96. The van der Waals surface area contributed by atoms with E-state index in [1.807, 2.05) is 6.92 Å². The first-order chi connectivity index (χ1) is 5.83. The number of nitrogens with one attached hydrogen (secondary N) is 1. The zero-order chi connectivity index (χ0) is 8.81. The Bertz CT molecular complexity index is 215. The summed E-state index contributed by atoms with van der Waals surface area (Å²) in [6, 6.07) is 2.02. The second-order valence-electron chi connectivity index (χ2n) is 2.57. The van der Waals surface area contributed by atoms with E-state index < -0.39 is 0 Å². The molecule has 0 aliphatic heterocycles. The van der Waals surface area contributed by atoms with E-state index in [1.54, 1.807) is 25.6 Å². The highest BCUT2D eigenvalue weighted by molar-refractivity contribution is 5.23. The van der Waals surface area contributed by atoms with Crippen LogP contribution in [0.1, 0.15) is 6.92 Å². The monoisotopic (exact) mass is 167 g/mol. The van der Waals surface area contributed by atoms with E-state index >= 15 is 0 Å². The van der Waals surface area contributed by atoms with Crippen LogP contribution in [0.25, 0.3) is 0 Å². The van der Waals surface area contributed by atoms with Crippen molar-refractivity contribution in [3.63, 3.8) is 0 Å². The zero-order valence-corrected chi connectivity index (χ0v) is 7.32. The topological polar surface area (TPSA) is 47.0 Å². The molecule has 0 amide bonds. The molecule has 0 bridgehead atoms. The summed E-state index contributed by atoms with van der Waals surface area (Å²) >= 11 is 0. The fourth-order valence-corrected chi connectivity index (χ4v) is 0.886. The molecule has 0 unspecified atom stereocenters. The summed E-state index contributed by atoms with van der Waals surface area (Å²) in [7, 11) is 1.67. The molecule has 0 aliphatic rings. The van der Waals surface area contributed by atoms with Crippen LogP contribution in [-0.2, 0) is 4.74 Å². The molecule has 66 valence electrons. The van der Waals surface area contributed by atoms with Gasteiger partial charge in [0, 0.05) is 25.5 Å². The third-order valence-electron chi connectivity index (χ3n) is 1.36. The molecule has 0 saturated heterocycles. The van der Waals surface area contributed by atoms with Gasteiger partial charge in [0.15, 0.2) is 0 Å². The summed E-state index contributed by atoms with van der Waals surface area (Å²) in [4.78, 5) is 8.05. The molecule has 0 spiro atoms. The first-order valence-corrected chi connectivity index (χ1v) is 3.85. The largest absolute Gasteiger partial charge is 0.383 e. The van der Waals surface area contributed by atoms with Crippen molar-refractivity contribution in [3.05, 3.63) is 18.5 Å². The first-order valence-electron chi connectivity index (χ1n) is 3.85. The lowest BCUT2D eigenvalue weighted by Crippen LogP contribution is -2.21. The van der Waals surface area contributed by atoms with Crippen molar-refractivity contribution < 1.29 is 4.74 Å². The van der Waals surface area contributed by atoms with Gasteiger partial charge in [-0.05, 0) is 13.0 Å². The van der Waals surface area contributed by atoms with Crippen LogP contribution in [0.2, 0.25) is 0 Å². The maximum Gasteiger partial charge on any atom is 0.222 e. The van der Waals surface area contributed by atoms with Crippen molar-refractivity contribution in [1.82, 2.24) is 9.97 Å². The number of hydrogen-bond acceptors (Lipinski definition) is 4. The molecule has 0 fully saturated rings. The van der Waals surface area contributed by atoms with Gasteiger partial charge in [0.05, 0.1) is 6.61 Å². The molecule has 4 nitrogen and oxygen atoms in total. The molecular formula is C8H13N3O. The summed E-state index contributed by atoms with van der Waals surface area (Å²) in [5.74, 6) is 0.641. The van der Waals surface area contributed by atoms with E-state index in [1.165, 1.54) is 0 Å². The van der Waals surface area contributed by atoms with Gasteiger partial charge in [-0.3, -0.25) is 0 Å². The van der Waals surface area contributed by atoms with Gasteiger partial charge in [0.2, 0.25) is 5.95 Å². The molecule has 0 radical (unpaired) electrons. The molecule has 1 aromatic rings. The van der Waals surface area contributed by atoms with Crippen molar-refractivity contribution in [2.75, 3.05) is 19.0 Å². The lowest BCUT2D eigenvalue weighted by Gasteiger charge is -2.11. The third kappa shape index (κ3) is 2.84. The van der Waals surface area contributed by atoms with Crippen molar-refractivity contribution in [2.24, 2.45) is 0 Å². The minimum atomic E-state index is 0.234. The molecule has 0 saturated carbocycles. The van der Waals surface area contributed by atoms with Crippen LogP contribution in [0.4, 0.5) is 5.95 Å². The molecule has 1 atom stereocenters. The Labute approximate surface area is 72.0 Å². The summed E-state index contributed by atoms with van der Waals surface area (Å²) in [6.07, 6.45) is 3.41. The normalized spacial score (nSPS) is 12.5. The van der Waals surface area contributed by atoms with Gasteiger partial charge in [0.1, 0.15) is 0 Å². The van der Waals surface area contributed by atoms with Gasteiger partial charge in [-0.1, -0.05) is 0 Å². The number of aromatic nitrogens is 2. The smallest absolute Gasteiger partial charge is 0.222 e. The number of methoxy groups -OCH3 is 1. The maximum absolute atomic E-state index is 4.96. The van der Waals surface area contributed by atoms with Gasteiger partial charge >= 0.3 is 0 Å². The van der Waals surface area contributed by atoms with Crippen LogP contribution >= 0.6 is 0 Å². The lowest BCUT2D eigenvalue weighted by atomic mass is 10.4. The minimum absolute atomic E-state index is 0.234. The molecule has 12 heavy (non-hydrogen) atoms. The molecular weight excluding hydrogens is 154 g/mol. The second kappa shape index (κ2) is 4.66. The Kier molecular flexibility index (Phi) is 3.47. The Morgan fingerprint density at radius 1 is 1.50 bits per heavy atom. The fourth-order valence-electron chi connectivity index (χ4n) is 0.886. The minimum Gasteiger partial charge on any atom is -0.383 e. The predicted octanol–water partition coefficient (Wildman–Crippen LogP) is 0.923. The lowest BCUT2D eigenvalue weighted by molar-refractivity contribution is 0.190. The highest BCUT2D eigenvalue weighted by Crippen LogP contribution is 1.97. The van der Waals surface area contributed by atoms with Gasteiger partial charge in [-0.15, -0.1) is 0 Å². The van der Waals surface area contributed by atoms with Crippen LogP contribution in [0, 0.1) is 0 Å². The fraction of sp³-hybridized carbons (Fsp3) is 0.500. The Morgan fingerprint density at radius 3 is 2.75 bits per heavy atom. The second-order valence-corrected chi connectivity index (χ2v) is 2.57. The van der Waals surface area contributed by atoms with Gasteiger partial charge < -0.3 is 10.1 Å². The zero-order valence-electron chi connectivity index (χ0n) is 7.32. The van der Waals surface area contributed by atoms with Gasteiger partial charge in [0.25, 0.3) is 0 Å². The maximum atomic E-state index is 4.96. The number of anilines is 1. The molecule has 4 heteroatoms. The van der Waals surface area contributed by atoms with Crippen LogP contribution in [-0.4, -0.2) is 29.7 Å². The molecule has 1 heterocycles. The average molecular weight is 167 g/mol. The van der Waals surface area contributed by atoms with Crippen molar-refractivity contribution >= 4 is 5.95 Å². The first kappa shape index (κ1) is 8.93. The summed E-state index contributed by atoms with van der Waals surface area (Å²) in [6.45, 7) is 2.66. The third-order valence-corrected chi connectivity index (χ3v) is 1.36.